The zero-order valence-electron chi connectivity index (χ0n) is 14.0. The molecule has 1 amide bonds. The Kier molecular flexibility index (Phi) is 4.31. The van der Waals surface area contributed by atoms with E-state index in [0.29, 0.717) is 25.4 Å². The fourth-order valence-corrected chi connectivity index (χ4v) is 4.25. The van der Waals surface area contributed by atoms with E-state index in [1.165, 1.54) is 30.6 Å². The lowest BCUT2D eigenvalue weighted by Gasteiger charge is -2.26. The highest BCUT2D eigenvalue weighted by Crippen LogP contribution is 2.28. The summed E-state index contributed by atoms with van der Waals surface area (Å²) >= 11 is 0. The van der Waals surface area contributed by atoms with Gasteiger partial charge in [0, 0.05) is 38.2 Å². The Morgan fingerprint density at radius 2 is 2.04 bits per heavy atom. The minimum Gasteiger partial charge on any atom is -0.473 e. The molecule has 4 rings (SSSR count). The molecule has 2 aliphatic heterocycles. The molecule has 0 unspecified atom stereocenters. The van der Waals surface area contributed by atoms with Crippen molar-refractivity contribution in [3.63, 3.8) is 0 Å². The summed E-state index contributed by atoms with van der Waals surface area (Å²) in [7, 11) is 0. The van der Waals surface area contributed by atoms with Crippen molar-refractivity contribution in [2.24, 2.45) is 0 Å². The number of aromatic nitrogens is 1. The van der Waals surface area contributed by atoms with Crippen molar-refractivity contribution in [3.05, 3.63) is 23.4 Å². The number of hydrogen-bond acceptors (Lipinski definition) is 4. The van der Waals surface area contributed by atoms with Crippen LogP contribution in [-0.4, -0.2) is 57.8 Å². The lowest BCUT2D eigenvalue weighted by atomic mass is 10.1. The molecule has 3 heterocycles. The lowest BCUT2D eigenvalue weighted by molar-refractivity contribution is 0.139. The molecule has 1 aromatic rings. The zero-order chi connectivity index (χ0) is 16.5. The molecule has 130 valence electrons. The Hall–Kier alpha value is -1.82. The minimum absolute atomic E-state index is 0.232. The smallest absolute Gasteiger partial charge is 0.407 e. The Morgan fingerprint density at radius 3 is 2.83 bits per heavy atom. The Morgan fingerprint density at radius 1 is 1.21 bits per heavy atom. The molecule has 1 saturated carbocycles. The first-order valence-electron chi connectivity index (χ1n) is 9.06. The number of likely N-dealkylation sites (tertiary alicyclic amines) is 1. The second-order valence-corrected chi connectivity index (χ2v) is 7.17. The van der Waals surface area contributed by atoms with Crippen molar-refractivity contribution in [1.29, 1.82) is 0 Å². The van der Waals surface area contributed by atoms with Gasteiger partial charge in [0.25, 0.3) is 0 Å². The number of hydrogen-bond donors (Lipinski definition) is 1. The number of nitrogens with zero attached hydrogens (tertiary/aromatic N) is 3. The van der Waals surface area contributed by atoms with Gasteiger partial charge >= 0.3 is 6.09 Å². The SMILES string of the molecule is O=C(O)N1CCc2nc(O[C@@H]3CCN(C4CCCC4)C3)ccc2C1. The van der Waals surface area contributed by atoms with Gasteiger partial charge in [0.2, 0.25) is 5.88 Å². The van der Waals surface area contributed by atoms with E-state index in [4.69, 9.17) is 9.84 Å². The van der Waals surface area contributed by atoms with E-state index in [1.54, 1.807) is 0 Å². The quantitative estimate of drug-likeness (QED) is 0.922. The van der Waals surface area contributed by atoms with Crippen molar-refractivity contribution in [2.75, 3.05) is 19.6 Å². The summed E-state index contributed by atoms with van der Waals surface area (Å²) in [5.74, 6) is 0.691. The van der Waals surface area contributed by atoms with Gasteiger partial charge in [-0.2, -0.15) is 0 Å². The summed E-state index contributed by atoms with van der Waals surface area (Å²) in [5.41, 5.74) is 1.98. The number of ether oxygens (including phenoxy) is 1. The first kappa shape index (κ1) is 15.7. The summed E-state index contributed by atoms with van der Waals surface area (Å²) in [4.78, 5) is 19.7. The molecule has 1 aromatic heterocycles. The molecule has 0 spiro atoms. The lowest BCUT2D eigenvalue weighted by Crippen LogP contribution is -2.35. The first-order valence-corrected chi connectivity index (χ1v) is 9.06. The highest BCUT2D eigenvalue weighted by Gasteiger charge is 2.31. The molecule has 6 heteroatoms. The Bertz CT molecular complexity index is 616. The molecular weight excluding hydrogens is 306 g/mol. The van der Waals surface area contributed by atoms with Gasteiger partial charge in [0.15, 0.2) is 0 Å². The van der Waals surface area contributed by atoms with Gasteiger partial charge in [-0.3, -0.25) is 4.90 Å². The zero-order valence-corrected chi connectivity index (χ0v) is 14.0. The van der Waals surface area contributed by atoms with Crippen LogP contribution in [0.25, 0.3) is 0 Å². The topological polar surface area (TPSA) is 65.9 Å². The highest BCUT2D eigenvalue weighted by atomic mass is 16.5. The molecule has 1 atom stereocenters. The van der Waals surface area contributed by atoms with Gasteiger partial charge in [0.05, 0.1) is 12.2 Å². The van der Waals surface area contributed by atoms with E-state index >= 15 is 0 Å². The number of amides is 1. The van der Waals surface area contributed by atoms with Crippen LogP contribution >= 0.6 is 0 Å². The van der Waals surface area contributed by atoms with Crippen LogP contribution in [0, 0.1) is 0 Å². The third-order valence-electron chi connectivity index (χ3n) is 5.60. The molecule has 0 bridgehead atoms. The van der Waals surface area contributed by atoms with Gasteiger partial charge in [-0.15, -0.1) is 0 Å². The molecule has 1 N–H and O–H groups in total. The van der Waals surface area contributed by atoms with E-state index in [2.05, 4.69) is 9.88 Å². The fourth-order valence-electron chi connectivity index (χ4n) is 4.25. The van der Waals surface area contributed by atoms with Crippen molar-refractivity contribution < 1.29 is 14.6 Å². The minimum atomic E-state index is -0.862. The first-order chi connectivity index (χ1) is 11.7. The fraction of sp³-hybridized carbons (Fsp3) is 0.667. The molecule has 2 fully saturated rings. The van der Waals surface area contributed by atoms with Crippen LogP contribution in [-0.2, 0) is 13.0 Å². The summed E-state index contributed by atoms with van der Waals surface area (Å²) < 4.78 is 6.12. The molecular formula is C18H25N3O3. The van der Waals surface area contributed by atoms with Crippen molar-refractivity contribution in [2.45, 2.75) is 57.2 Å². The van der Waals surface area contributed by atoms with Crippen LogP contribution in [0.1, 0.15) is 43.4 Å². The van der Waals surface area contributed by atoms with Crippen molar-refractivity contribution in [3.8, 4) is 5.88 Å². The molecule has 0 aromatic carbocycles. The van der Waals surface area contributed by atoms with E-state index < -0.39 is 6.09 Å². The number of carboxylic acid groups (broad SMARTS) is 1. The van der Waals surface area contributed by atoms with Gasteiger partial charge in [-0.1, -0.05) is 18.9 Å². The second kappa shape index (κ2) is 6.59. The van der Waals surface area contributed by atoms with E-state index in [-0.39, 0.29) is 6.10 Å². The van der Waals surface area contributed by atoms with Crippen LogP contribution in [0.4, 0.5) is 4.79 Å². The summed E-state index contributed by atoms with van der Waals surface area (Å²) in [5, 5.41) is 9.10. The summed E-state index contributed by atoms with van der Waals surface area (Å²) in [6, 6.07) is 4.62. The molecule has 3 aliphatic rings. The molecule has 1 saturated heterocycles. The molecule has 24 heavy (non-hydrogen) atoms. The number of pyridine rings is 1. The number of carbonyl (C=O) groups is 1. The second-order valence-electron chi connectivity index (χ2n) is 7.17. The van der Waals surface area contributed by atoms with E-state index in [9.17, 15) is 4.79 Å². The standard InChI is InChI=1S/C18H25N3O3/c22-18(23)21-10-8-16-13(11-21)5-6-17(19-16)24-15-7-9-20(12-15)14-3-1-2-4-14/h5-6,14-15H,1-4,7-12H2,(H,22,23)/t15-/m1/s1. The third-order valence-corrected chi connectivity index (χ3v) is 5.60. The Labute approximate surface area is 142 Å². The predicted molar refractivity (Wildman–Crippen MR) is 89.2 cm³/mol. The molecule has 6 nitrogen and oxygen atoms in total. The van der Waals surface area contributed by atoms with Gasteiger partial charge < -0.3 is 14.7 Å². The monoisotopic (exact) mass is 331 g/mol. The van der Waals surface area contributed by atoms with Gasteiger partial charge in [-0.25, -0.2) is 9.78 Å². The summed E-state index contributed by atoms with van der Waals surface area (Å²) in [6.45, 7) is 3.08. The highest BCUT2D eigenvalue weighted by molar-refractivity contribution is 5.65. The van der Waals surface area contributed by atoms with Crippen LogP contribution in [0.3, 0.4) is 0 Å². The van der Waals surface area contributed by atoms with Gasteiger partial charge in [-0.05, 0) is 24.8 Å². The van der Waals surface area contributed by atoms with Crippen molar-refractivity contribution >= 4 is 6.09 Å². The predicted octanol–water partition coefficient (Wildman–Crippen LogP) is 2.51. The van der Waals surface area contributed by atoms with Crippen LogP contribution in [0.2, 0.25) is 0 Å². The normalized spacial score (nSPS) is 25.0. The Balaban J connectivity index is 1.37. The molecule has 1 aliphatic carbocycles. The van der Waals surface area contributed by atoms with Crippen LogP contribution in [0.5, 0.6) is 5.88 Å². The van der Waals surface area contributed by atoms with Gasteiger partial charge in [0.1, 0.15) is 6.10 Å². The maximum absolute atomic E-state index is 11.1. The van der Waals surface area contributed by atoms with Crippen molar-refractivity contribution in [1.82, 2.24) is 14.8 Å². The summed E-state index contributed by atoms with van der Waals surface area (Å²) in [6.07, 6.45) is 6.51. The maximum Gasteiger partial charge on any atom is 0.407 e. The molecule has 0 radical (unpaired) electrons. The third kappa shape index (κ3) is 3.20. The number of rotatable bonds is 3. The van der Waals surface area contributed by atoms with Crippen LogP contribution in [0.15, 0.2) is 12.1 Å². The number of fused-ring (bicyclic) bond motifs is 1. The average molecular weight is 331 g/mol. The average Bonchev–Trinajstić information content (AvgIpc) is 3.25. The largest absolute Gasteiger partial charge is 0.473 e. The van der Waals surface area contributed by atoms with E-state index in [1.807, 2.05) is 12.1 Å². The van der Waals surface area contributed by atoms with Crippen LogP contribution < -0.4 is 4.74 Å². The van der Waals surface area contributed by atoms with E-state index in [0.717, 1.165) is 36.8 Å². The maximum atomic E-state index is 11.1.